The zero-order chi connectivity index (χ0) is 14.0. The Labute approximate surface area is 131 Å². The van der Waals surface area contributed by atoms with Crippen molar-refractivity contribution in [1.82, 2.24) is 9.97 Å². The number of nitrogens with one attached hydrogen (secondary N) is 1. The maximum absolute atomic E-state index is 13.4. The molecule has 0 aliphatic rings. The predicted octanol–water partition coefficient (Wildman–Crippen LogP) is 3.90. The van der Waals surface area contributed by atoms with E-state index in [0.29, 0.717) is 19.4 Å². The van der Waals surface area contributed by atoms with Crippen LogP contribution >= 0.6 is 38.5 Å². The first-order valence-corrected chi connectivity index (χ1v) is 7.63. The maximum atomic E-state index is 13.4. The molecule has 6 heteroatoms. The van der Waals surface area contributed by atoms with Crippen molar-refractivity contribution in [2.75, 3.05) is 0 Å². The van der Waals surface area contributed by atoms with Crippen LogP contribution in [0.1, 0.15) is 19.0 Å². The molecule has 100 valence electrons. The lowest BCUT2D eigenvalue weighted by Crippen LogP contribution is -2.16. The molecule has 0 spiro atoms. The second-order valence-electron chi connectivity index (χ2n) is 4.08. The highest BCUT2D eigenvalue weighted by Crippen LogP contribution is 2.22. The van der Waals surface area contributed by atoms with Gasteiger partial charge in [0.1, 0.15) is 11.6 Å². The normalized spacial score (nSPS) is 10.7. The Kier molecular flexibility index (Phi) is 4.72. The van der Waals surface area contributed by atoms with E-state index in [2.05, 4.69) is 25.9 Å². The van der Waals surface area contributed by atoms with Gasteiger partial charge in [-0.1, -0.05) is 29.3 Å². The molecule has 0 fully saturated rings. The van der Waals surface area contributed by atoms with Gasteiger partial charge in [0.15, 0.2) is 0 Å². The molecule has 1 aromatic carbocycles. The fourth-order valence-electron chi connectivity index (χ4n) is 1.74. The number of rotatable bonds is 3. The lowest BCUT2D eigenvalue weighted by atomic mass is 10.2. The van der Waals surface area contributed by atoms with Crippen LogP contribution in [-0.2, 0) is 6.42 Å². The van der Waals surface area contributed by atoms with E-state index in [-0.39, 0.29) is 11.4 Å². The molecule has 0 saturated heterocycles. The Morgan fingerprint density at radius 3 is 2.79 bits per heavy atom. The third kappa shape index (κ3) is 3.42. The molecule has 1 heterocycles. The molecule has 2 aromatic rings. The van der Waals surface area contributed by atoms with E-state index in [1.54, 1.807) is 6.07 Å². The van der Waals surface area contributed by atoms with Gasteiger partial charge in [-0.15, -0.1) is 0 Å². The van der Waals surface area contributed by atoms with Crippen LogP contribution in [0, 0.1) is 9.39 Å². The Morgan fingerprint density at radius 2 is 2.16 bits per heavy atom. The van der Waals surface area contributed by atoms with E-state index in [9.17, 15) is 9.18 Å². The first-order chi connectivity index (χ1) is 9.01. The predicted molar refractivity (Wildman–Crippen MR) is 84.7 cm³/mol. The van der Waals surface area contributed by atoms with Crippen LogP contribution in [0.15, 0.2) is 27.5 Å². The third-order valence-corrected chi connectivity index (χ3v) is 4.12. The van der Waals surface area contributed by atoms with Gasteiger partial charge in [-0.3, -0.25) is 4.79 Å². The number of halogens is 3. The molecule has 2 rings (SSSR count). The monoisotopic (exact) mass is 436 g/mol. The Morgan fingerprint density at radius 1 is 1.42 bits per heavy atom. The minimum atomic E-state index is -0.373. The van der Waals surface area contributed by atoms with Crippen molar-refractivity contribution >= 4 is 38.5 Å². The zero-order valence-electron chi connectivity index (χ0n) is 10.1. The number of benzene rings is 1. The molecule has 0 radical (unpaired) electrons. The number of H-pyrrole nitrogens is 1. The van der Waals surface area contributed by atoms with E-state index in [1.165, 1.54) is 12.1 Å². The average molecular weight is 437 g/mol. The van der Waals surface area contributed by atoms with Crippen LogP contribution < -0.4 is 5.56 Å². The smallest absolute Gasteiger partial charge is 0.264 e. The highest BCUT2D eigenvalue weighted by atomic mass is 127. The molecule has 1 N–H and O–H groups in total. The van der Waals surface area contributed by atoms with Crippen LogP contribution in [0.25, 0.3) is 11.4 Å². The lowest BCUT2D eigenvalue weighted by Gasteiger charge is -2.06. The summed E-state index contributed by atoms with van der Waals surface area (Å²) in [5.74, 6) is 0.0247. The van der Waals surface area contributed by atoms with Crippen molar-refractivity contribution in [2.24, 2.45) is 0 Å². The number of hydrogen-bond donors (Lipinski definition) is 1. The lowest BCUT2D eigenvalue weighted by molar-refractivity contribution is 0.627. The molecule has 0 amide bonds. The van der Waals surface area contributed by atoms with E-state index in [0.717, 1.165) is 18.5 Å². The number of aromatic amines is 1. The summed E-state index contributed by atoms with van der Waals surface area (Å²) in [5, 5.41) is 0. The van der Waals surface area contributed by atoms with Crippen molar-refractivity contribution in [3.05, 3.63) is 48.1 Å². The summed E-state index contributed by atoms with van der Waals surface area (Å²) < 4.78 is 14.6. The van der Waals surface area contributed by atoms with Crippen molar-refractivity contribution in [3.63, 3.8) is 0 Å². The van der Waals surface area contributed by atoms with Gasteiger partial charge in [0.05, 0.1) is 9.26 Å². The summed E-state index contributed by atoms with van der Waals surface area (Å²) in [6, 6.07) is 4.44. The summed E-state index contributed by atoms with van der Waals surface area (Å²) in [6.07, 6.45) is 1.63. The standard InChI is InChI=1S/C13H11BrFIN2O/c1-2-3-10-11(16)13(19)18-12(17-10)7-4-8(14)6-9(15)5-7/h4-6H,2-3H2,1H3,(H,17,18,19). The SMILES string of the molecule is CCCc1nc(-c2cc(F)cc(Br)c2)[nH]c(=O)c1I. The quantitative estimate of drug-likeness (QED) is 0.742. The number of nitrogens with zero attached hydrogens (tertiary/aromatic N) is 1. The highest BCUT2D eigenvalue weighted by Gasteiger charge is 2.11. The average Bonchev–Trinajstić information content (AvgIpc) is 2.33. The topological polar surface area (TPSA) is 45.8 Å². The van der Waals surface area contributed by atoms with Gasteiger partial charge in [0, 0.05) is 10.0 Å². The highest BCUT2D eigenvalue weighted by molar-refractivity contribution is 14.1. The van der Waals surface area contributed by atoms with E-state index >= 15 is 0 Å². The van der Waals surface area contributed by atoms with Gasteiger partial charge in [-0.05, 0) is 47.2 Å². The molecular formula is C13H11BrFIN2O. The van der Waals surface area contributed by atoms with Crippen molar-refractivity contribution in [3.8, 4) is 11.4 Å². The fourth-order valence-corrected chi connectivity index (χ4v) is 2.73. The van der Waals surface area contributed by atoms with Crippen LogP contribution in [0.2, 0.25) is 0 Å². The molecule has 19 heavy (non-hydrogen) atoms. The first-order valence-electron chi connectivity index (χ1n) is 5.76. The molecule has 0 saturated carbocycles. The van der Waals surface area contributed by atoms with Gasteiger partial charge in [0.2, 0.25) is 0 Å². The largest absolute Gasteiger partial charge is 0.306 e. The zero-order valence-corrected chi connectivity index (χ0v) is 13.9. The van der Waals surface area contributed by atoms with Crippen molar-refractivity contribution < 1.29 is 4.39 Å². The van der Waals surface area contributed by atoms with Crippen LogP contribution in [0.5, 0.6) is 0 Å². The number of aryl methyl sites for hydroxylation is 1. The molecular weight excluding hydrogens is 426 g/mol. The van der Waals surface area contributed by atoms with E-state index in [1.807, 2.05) is 29.5 Å². The summed E-state index contributed by atoms with van der Waals surface area (Å²) in [7, 11) is 0. The number of hydrogen-bond acceptors (Lipinski definition) is 2. The summed E-state index contributed by atoms with van der Waals surface area (Å²) in [6.45, 7) is 2.03. The summed E-state index contributed by atoms with van der Waals surface area (Å²) >= 11 is 5.22. The van der Waals surface area contributed by atoms with Crippen molar-refractivity contribution in [1.29, 1.82) is 0 Å². The molecule has 1 aromatic heterocycles. The molecule has 0 unspecified atom stereocenters. The second-order valence-corrected chi connectivity index (χ2v) is 6.08. The van der Waals surface area contributed by atoms with Gasteiger partial charge in [0.25, 0.3) is 5.56 Å². The van der Waals surface area contributed by atoms with Crippen LogP contribution in [-0.4, -0.2) is 9.97 Å². The summed E-state index contributed by atoms with van der Waals surface area (Å²) in [5.41, 5.74) is 1.12. The minimum Gasteiger partial charge on any atom is -0.306 e. The fraction of sp³-hybridized carbons (Fsp3) is 0.231. The maximum Gasteiger partial charge on any atom is 0.264 e. The molecule has 0 bridgehead atoms. The van der Waals surface area contributed by atoms with Gasteiger partial charge >= 0.3 is 0 Å². The minimum absolute atomic E-state index is 0.186. The van der Waals surface area contributed by atoms with Crippen LogP contribution in [0.4, 0.5) is 4.39 Å². The molecule has 3 nitrogen and oxygen atoms in total. The second kappa shape index (κ2) is 6.13. The van der Waals surface area contributed by atoms with Crippen LogP contribution in [0.3, 0.4) is 0 Å². The summed E-state index contributed by atoms with van der Waals surface area (Å²) in [4.78, 5) is 19.0. The first kappa shape index (κ1) is 14.6. The van der Waals surface area contributed by atoms with Crippen molar-refractivity contribution in [2.45, 2.75) is 19.8 Å². The Hall–Kier alpha value is -0.760. The Bertz CT molecular complexity index is 652. The Balaban J connectivity index is 2.59. The van der Waals surface area contributed by atoms with E-state index < -0.39 is 0 Å². The molecule has 0 aliphatic carbocycles. The van der Waals surface area contributed by atoms with Gasteiger partial charge in [-0.2, -0.15) is 0 Å². The van der Waals surface area contributed by atoms with Gasteiger partial charge in [-0.25, -0.2) is 9.37 Å². The number of aromatic nitrogens is 2. The van der Waals surface area contributed by atoms with E-state index in [4.69, 9.17) is 0 Å². The molecule has 0 aliphatic heterocycles. The molecule has 0 atom stereocenters. The third-order valence-electron chi connectivity index (χ3n) is 2.55. The van der Waals surface area contributed by atoms with Gasteiger partial charge < -0.3 is 4.98 Å².